The van der Waals surface area contributed by atoms with Gasteiger partial charge in [0.1, 0.15) is 0 Å². The van der Waals surface area contributed by atoms with Crippen LogP contribution in [0.15, 0.2) is 10.7 Å². The second-order valence-electron chi connectivity index (χ2n) is 2.49. The molecule has 0 fully saturated rings. The second kappa shape index (κ2) is 3.05. The number of hydrogen-bond donors (Lipinski definition) is 0. The van der Waals surface area contributed by atoms with Gasteiger partial charge in [-0.15, -0.1) is 0 Å². The van der Waals surface area contributed by atoms with Gasteiger partial charge in [0.05, 0.1) is 16.7 Å². The molecule has 0 spiro atoms. The van der Waals surface area contributed by atoms with Crippen LogP contribution in [-0.2, 0) is 0 Å². The van der Waals surface area contributed by atoms with E-state index >= 15 is 0 Å². The molecule has 0 unspecified atom stereocenters. The summed E-state index contributed by atoms with van der Waals surface area (Å²) in [6.07, 6.45) is 1.82. The van der Waals surface area contributed by atoms with Crippen molar-refractivity contribution in [3.05, 3.63) is 22.1 Å². The van der Waals surface area contributed by atoms with Gasteiger partial charge in [0.25, 0.3) is 0 Å². The largest absolute Gasteiger partial charge is 0.358 e. The zero-order chi connectivity index (χ0) is 8.43. The number of rotatable bonds is 1. The molecule has 0 saturated carbocycles. The van der Waals surface area contributed by atoms with Crippen molar-refractivity contribution in [2.24, 2.45) is 0 Å². The van der Waals surface area contributed by atoms with E-state index in [-0.39, 0.29) is 0 Å². The van der Waals surface area contributed by atoms with Crippen molar-refractivity contribution < 1.29 is 0 Å². The Balaban J connectivity index is 3.07. The summed E-state index contributed by atoms with van der Waals surface area (Å²) in [5.74, 6) is 0.429. The maximum Gasteiger partial charge on any atom is 0.309 e. The van der Waals surface area contributed by atoms with Crippen LogP contribution in [0.3, 0.4) is 0 Å². The predicted octanol–water partition coefficient (Wildman–Crippen LogP) is 2.78. The lowest BCUT2D eigenvalue weighted by molar-refractivity contribution is 0.534. The lowest BCUT2D eigenvalue weighted by Crippen LogP contribution is -1.99. The number of halogens is 1. The highest BCUT2D eigenvalue weighted by Gasteiger charge is 2.09. The molecule has 0 radical (unpaired) electrons. The van der Waals surface area contributed by atoms with Gasteiger partial charge in [0, 0.05) is 0 Å². The predicted molar refractivity (Wildman–Crippen MR) is 46.6 cm³/mol. The average Bonchev–Trinajstić information content (AvgIpc) is 2.31. The first-order chi connectivity index (χ1) is 5.15. The Morgan fingerprint density at radius 3 is 2.64 bits per heavy atom. The minimum atomic E-state index is 0.307. The molecule has 1 rings (SSSR count). The van der Waals surface area contributed by atoms with E-state index in [0.29, 0.717) is 11.9 Å². The van der Waals surface area contributed by atoms with Crippen LogP contribution in [0, 0.1) is 6.57 Å². The van der Waals surface area contributed by atoms with E-state index in [0.717, 1.165) is 4.47 Å². The Bertz CT molecular complexity index is 295. The van der Waals surface area contributed by atoms with Gasteiger partial charge in [0.2, 0.25) is 0 Å². The van der Waals surface area contributed by atoms with E-state index < -0.39 is 0 Å². The van der Waals surface area contributed by atoms with Crippen molar-refractivity contribution in [2.45, 2.75) is 19.9 Å². The highest BCUT2D eigenvalue weighted by atomic mass is 79.9. The molecule has 1 heterocycles. The molecule has 0 saturated heterocycles. The van der Waals surface area contributed by atoms with Crippen molar-refractivity contribution in [1.29, 1.82) is 0 Å². The topological polar surface area (TPSA) is 22.2 Å². The van der Waals surface area contributed by atoms with Gasteiger partial charge in [-0.3, -0.25) is 0 Å². The smallest absolute Gasteiger partial charge is 0.309 e. The Kier molecular flexibility index (Phi) is 2.30. The summed E-state index contributed by atoms with van der Waals surface area (Å²) >= 11 is 3.25. The summed E-state index contributed by atoms with van der Waals surface area (Å²) in [5.41, 5.74) is 0. The molecule has 0 aromatic carbocycles. The molecule has 0 N–H and O–H groups in total. The lowest BCUT2D eigenvalue weighted by atomic mass is 10.4. The summed E-state index contributed by atoms with van der Waals surface area (Å²) in [7, 11) is 0. The maximum absolute atomic E-state index is 6.76. The SMILES string of the molecule is [C-]#[N+]c1nn(C(C)C)cc1Br. The van der Waals surface area contributed by atoms with E-state index in [2.05, 4.69) is 25.9 Å². The third-order valence-corrected chi connectivity index (χ3v) is 1.86. The third-order valence-electron chi connectivity index (χ3n) is 1.30. The molecule has 0 atom stereocenters. The van der Waals surface area contributed by atoms with Crippen LogP contribution < -0.4 is 0 Å². The quantitative estimate of drug-likeness (QED) is 0.659. The average molecular weight is 214 g/mol. The Hall–Kier alpha value is -0.820. The molecule has 0 aliphatic carbocycles. The van der Waals surface area contributed by atoms with Crippen LogP contribution in [0.4, 0.5) is 5.82 Å². The summed E-state index contributed by atoms with van der Waals surface area (Å²) in [4.78, 5) is 3.24. The third kappa shape index (κ3) is 1.60. The lowest BCUT2D eigenvalue weighted by Gasteiger charge is -1.97. The van der Waals surface area contributed by atoms with Crippen LogP contribution in [-0.4, -0.2) is 9.78 Å². The number of nitrogens with zero attached hydrogens (tertiary/aromatic N) is 3. The van der Waals surface area contributed by atoms with Crippen LogP contribution in [0.1, 0.15) is 19.9 Å². The number of hydrogen-bond acceptors (Lipinski definition) is 1. The van der Waals surface area contributed by atoms with Gasteiger partial charge in [-0.1, -0.05) is 22.5 Å². The first-order valence-electron chi connectivity index (χ1n) is 3.27. The molecule has 3 nitrogen and oxygen atoms in total. The summed E-state index contributed by atoms with van der Waals surface area (Å²) < 4.78 is 2.53. The molecule has 0 aliphatic heterocycles. The van der Waals surface area contributed by atoms with Crippen molar-refractivity contribution in [3.8, 4) is 0 Å². The van der Waals surface area contributed by atoms with Gasteiger partial charge in [-0.05, 0) is 18.9 Å². The van der Waals surface area contributed by atoms with Crippen LogP contribution in [0.2, 0.25) is 0 Å². The first-order valence-corrected chi connectivity index (χ1v) is 4.06. The molecule has 58 valence electrons. The first kappa shape index (κ1) is 8.28. The zero-order valence-electron chi connectivity index (χ0n) is 6.37. The van der Waals surface area contributed by atoms with Crippen molar-refractivity contribution >= 4 is 21.7 Å². The van der Waals surface area contributed by atoms with Gasteiger partial charge in [-0.2, -0.15) is 4.68 Å². The zero-order valence-corrected chi connectivity index (χ0v) is 7.96. The van der Waals surface area contributed by atoms with Crippen molar-refractivity contribution in [2.75, 3.05) is 0 Å². The molecule has 11 heavy (non-hydrogen) atoms. The minimum absolute atomic E-state index is 0.307. The fourth-order valence-corrected chi connectivity index (χ4v) is 1.08. The van der Waals surface area contributed by atoms with Gasteiger partial charge >= 0.3 is 5.82 Å². The molecule has 0 amide bonds. The van der Waals surface area contributed by atoms with Gasteiger partial charge in [0.15, 0.2) is 0 Å². The highest BCUT2D eigenvalue weighted by molar-refractivity contribution is 9.10. The summed E-state index contributed by atoms with van der Waals surface area (Å²) in [6.45, 7) is 10.8. The van der Waals surface area contributed by atoms with E-state index in [4.69, 9.17) is 6.57 Å². The monoisotopic (exact) mass is 213 g/mol. The Labute approximate surface area is 74.0 Å². The molecule has 4 heteroatoms. The molecule has 0 aliphatic rings. The van der Waals surface area contributed by atoms with Crippen LogP contribution in [0.5, 0.6) is 0 Å². The normalized spacial score (nSPS) is 10.1. The Morgan fingerprint density at radius 1 is 1.73 bits per heavy atom. The van der Waals surface area contributed by atoms with E-state index in [1.807, 2.05) is 20.0 Å². The van der Waals surface area contributed by atoms with E-state index in [1.165, 1.54) is 0 Å². The highest BCUT2D eigenvalue weighted by Crippen LogP contribution is 2.24. The number of aromatic nitrogens is 2. The van der Waals surface area contributed by atoms with E-state index in [9.17, 15) is 0 Å². The Morgan fingerprint density at radius 2 is 2.36 bits per heavy atom. The minimum Gasteiger partial charge on any atom is -0.358 e. The molecule has 0 bridgehead atoms. The van der Waals surface area contributed by atoms with Crippen molar-refractivity contribution in [3.63, 3.8) is 0 Å². The summed E-state index contributed by atoms with van der Waals surface area (Å²) in [6, 6.07) is 0.307. The molecule has 1 aromatic heterocycles. The van der Waals surface area contributed by atoms with Gasteiger partial charge < -0.3 is 4.85 Å². The second-order valence-corrected chi connectivity index (χ2v) is 3.34. The summed E-state index contributed by atoms with van der Waals surface area (Å²) in [5, 5.41) is 4.04. The fraction of sp³-hybridized carbons (Fsp3) is 0.429. The standard InChI is InChI=1S/C7H8BrN3/c1-5(2)11-4-6(8)7(9-3)10-11/h4-5H,1-2H3. The molecule has 1 aromatic rings. The van der Waals surface area contributed by atoms with E-state index in [1.54, 1.807) is 4.68 Å². The van der Waals surface area contributed by atoms with Crippen molar-refractivity contribution in [1.82, 2.24) is 9.78 Å². The molecular formula is C7H8BrN3. The fourth-order valence-electron chi connectivity index (χ4n) is 0.700. The van der Waals surface area contributed by atoms with Crippen LogP contribution >= 0.6 is 15.9 Å². The maximum atomic E-state index is 6.76. The molecular weight excluding hydrogens is 206 g/mol. The van der Waals surface area contributed by atoms with Gasteiger partial charge in [-0.25, -0.2) is 0 Å². The van der Waals surface area contributed by atoms with Crippen LogP contribution in [0.25, 0.3) is 4.85 Å².